The molecule has 2 aromatic carbocycles. The highest BCUT2D eigenvalue weighted by molar-refractivity contribution is 6.08. The van der Waals surface area contributed by atoms with Crippen LogP contribution >= 0.6 is 0 Å². The molecule has 1 aliphatic carbocycles. The number of unbranched alkanes of at least 4 members (excludes halogenated alkanes) is 4. The Bertz CT molecular complexity index is 693. The van der Waals surface area contributed by atoms with Crippen molar-refractivity contribution in [1.29, 1.82) is 0 Å². The van der Waals surface area contributed by atoms with Crippen molar-refractivity contribution >= 4 is 5.78 Å². The molecule has 0 atom stereocenters. The van der Waals surface area contributed by atoms with Crippen molar-refractivity contribution in [1.82, 2.24) is 0 Å². The molecule has 0 bridgehead atoms. The van der Waals surface area contributed by atoms with Crippen molar-refractivity contribution in [3.8, 4) is 0 Å². The van der Waals surface area contributed by atoms with E-state index in [4.69, 9.17) is 0 Å². The summed E-state index contributed by atoms with van der Waals surface area (Å²) in [6.07, 6.45) is 14.7. The number of hydrogen-bond donors (Lipinski definition) is 0. The van der Waals surface area contributed by atoms with Crippen LogP contribution in [0.15, 0.2) is 54.6 Å². The lowest BCUT2D eigenvalue weighted by molar-refractivity contribution is 0.103. The summed E-state index contributed by atoms with van der Waals surface area (Å²) in [7, 11) is 0. The maximum Gasteiger partial charge on any atom is 0.193 e. The van der Waals surface area contributed by atoms with Crippen LogP contribution in [0.5, 0.6) is 0 Å². The van der Waals surface area contributed by atoms with Gasteiger partial charge >= 0.3 is 0 Å². The van der Waals surface area contributed by atoms with Gasteiger partial charge in [-0.1, -0.05) is 113 Å². The van der Waals surface area contributed by atoms with Crippen LogP contribution in [0.2, 0.25) is 0 Å². The summed E-state index contributed by atoms with van der Waals surface area (Å²) in [4.78, 5) is 12.7. The first kappa shape index (κ1) is 19.9. The van der Waals surface area contributed by atoms with Gasteiger partial charge in [0.15, 0.2) is 5.78 Å². The Labute approximate surface area is 165 Å². The Hall–Kier alpha value is -1.89. The molecule has 3 rings (SSSR count). The molecule has 0 amide bonds. The first-order chi connectivity index (χ1) is 13.2. The molecule has 144 valence electrons. The van der Waals surface area contributed by atoms with Crippen molar-refractivity contribution in [2.45, 2.75) is 83.0 Å². The monoisotopic (exact) mass is 362 g/mol. The Morgan fingerprint density at radius 2 is 1.41 bits per heavy atom. The molecule has 0 N–H and O–H groups in total. The van der Waals surface area contributed by atoms with Gasteiger partial charge in [-0.15, -0.1) is 0 Å². The zero-order valence-corrected chi connectivity index (χ0v) is 16.9. The highest BCUT2D eigenvalue weighted by Crippen LogP contribution is 2.43. The van der Waals surface area contributed by atoms with Crippen molar-refractivity contribution < 1.29 is 4.79 Å². The molecular weight excluding hydrogens is 328 g/mol. The maximum absolute atomic E-state index is 12.7. The number of rotatable bonds is 9. The van der Waals surface area contributed by atoms with Crippen LogP contribution in [0.1, 0.15) is 99.0 Å². The average molecular weight is 363 g/mol. The number of hydrogen-bond acceptors (Lipinski definition) is 1. The first-order valence-electron chi connectivity index (χ1n) is 11.0. The largest absolute Gasteiger partial charge is 0.289 e. The summed E-state index contributed by atoms with van der Waals surface area (Å²) < 4.78 is 0. The van der Waals surface area contributed by atoms with Gasteiger partial charge in [0, 0.05) is 11.1 Å². The van der Waals surface area contributed by atoms with E-state index in [9.17, 15) is 4.79 Å². The second-order valence-corrected chi connectivity index (χ2v) is 8.28. The molecule has 0 radical (unpaired) electrons. The summed E-state index contributed by atoms with van der Waals surface area (Å²) in [6, 6.07) is 18.2. The summed E-state index contributed by atoms with van der Waals surface area (Å²) >= 11 is 0. The Morgan fingerprint density at radius 3 is 2.07 bits per heavy atom. The van der Waals surface area contributed by atoms with Gasteiger partial charge < -0.3 is 0 Å². The van der Waals surface area contributed by atoms with Gasteiger partial charge in [-0.25, -0.2) is 0 Å². The van der Waals surface area contributed by atoms with Crippen LogP contribution in [0.4, 0.5) is 0 Å². The van der Waals surface area contributed by atoms with Gasteiger partial charge in [-0.2, -0.15) is 0 Å². The highest BCUT2D eigenvalue weighted by atomic mass is 16.1. The zero-order chi connectivity index (χ0) is 19.0. The average Bonchev–Trinajstić information content (AvgIpc) is 2.74. The molecule has 1 heteroatoms. The van der Waals surface area contributed by atoms with Crippen LogP contribution in [0.25, 0.3) is 0 Å². The Balaban J connectivity index is 1.72. The van der Waals surface area contributed by atoms with Gasteiger partial charge in [0.1, 0.15) is 0 Å². The quantitative estimate of drug-likeness (QED) is 0.334. The minimum absolute atomic E-state index is 0.124. The predicted octanol–water partition coefficient (Wildman–Crippen LogP) is 7.48. The lowest BCUT2D eigenvalue weighted by atomic mass is 9.66. The van der Waals surface area contributed by atoms with Crippen molar-refractivity contribution in [3.63, 3.8) is 0 Å². The van der Waals surface area contributed by atoms with Crippen LogP contribution in [-0.4, -0.2) is 5.78 Å². The lowest BCUT2D eigenvalue weighted by Gasteiger charge is -2.38. The second kappa shape index (κ2) is 9.88. The molecule has 1 nitrogen and oxygen atoms in total. The molecule has 1 aliphatic rings. The van der Waals surface area contributed by atoms with Gasteiger partial charge in [-0.05, 0) is 30.2 Å². The number of ketones is 1. The van der Waals surface area contributed by atoms with E-state index in [0.717, 1.165) is 11.1 Å². The minimum Gasteiger partial charge on any atom is -0.289 e. The topological polar surface area (TPSA) is 17.1 Å². The van der Waals surface area contributed by atoms with Crippen molar-refractivity contribution in [3.05, 3.63) is 71.3 Å². The van der Waals surface area contributed by atoms with Crippen LogP contribution in [-0.2, 0) is 5.41 Å². The number of carbonyl (C=O) groups excluding carboxylic acids is 1. The predicted molar refractivity (Wildman–Crippen MR) is 114 cm³/mol. The van der Waals surface area contributed by atoms with Crippen LogP contribution in [0.3, 0.4) is 0 Å². The molecule has 0 aromatic heterocycles. The van der Waals surface area contributed by atoms with Crippen LogP contribution in [0, 0.1) is 0 Å². The fraction of sp³-hybridized carbons (Fsp3) is 0.500. The smallest absolute Gasteiger partial charge is 0.193 e. The van der Waals surface area contributed by atoms with Crippen molar-refractivity contribution in [2.75, 3.05) is 0 Å². The molecule has 0 saturated heterocycles. The second-order valence-electron chi connectivity index (χ2n) is 8.28. The molecular formula is C26H34O. The molecule has 0 aliphatic heterocycles. The van der Waals surface area contributed by atoms with E-state index < -0.39 is 0 Å². The lowest BCUT2D eigenvalue weighted by Crippen LogP contribution is -2.29. The highest BCUT2D eigenvalue weighted by Gasteiger charge is 2.33. The minimum atomic E-state index is 0.124. The summed E-state index contributed by atoms with van der Waals surface area (Å²) in [5.74, 6) is 0.124. The first-order valence-corrected chi connectivity index (χ1v) is 11.0. The maximum atomic E-state index is 12.7. The van der Waals surface area contributed by atoms with E-state index >= 15 is 0 Å². The van der Waals surface area contributed by atoms with E-state index in [0.29, 0.717) is 5.41 Å². The number of benzene rings is 2. The van der Waals surface area contributed by atoms with E-state index in [1.165, 1.54) is 76.2 Å². The Kier molecular flexibility index (Phi) is 7.26. The molecule has 1 fully saturated rings. The summed E-state index contributed by atoms with van der Waals surface area (Å²) in [5.41, 5.74) is 3.38. The summed E-state index contributed by atoms with van der Waals surface area (Å²) in [5, 5.41) is 0. The zero-order valence-electron chi connectivity index (χ0n) is 16.9. The van der Waals surface area contributed by atoms with Gasteiger partial charge in [-0.3, -0.25) is 4.79 Å². The standard InChI is InChI=1S/C26H34O/c1-2-3-4-5-10-19-26(20-11-7-12-21-26)24-17-15-23(16-18-24)25(27)22-13-8-6-9-14-22/h6,8-9,13-18H,2-5,7,10-12,19-21H2,1H3. The number of carbonyl (C=O) groups is 1. The third-order valence-corrected chi connectivity index (χ3v) is 6.36. The van der Waals surface area contributed by atoms with Crippen LogP contribution < -0.4 is 0 Å². The third kappa shape index (κ3) is 5.09. The molecule has 0 heterocycles. The fourth-order valence-corrected chi connectivity index (χ4v) is 4.71. The van der Waals surface area contributed by atoms with Crippen molar-refractivity contribution in [2.24, 2.45) is 0 Å². The Morgan fingerprint density at radius 1 is 0.778 bits per heavy atom. The molecule has 2 aromatic rings. The third-order valence-electron chi connectivity index (χ3n) is 6.36. The molecule has 1 saturated carbocycles. The SMILES string of the molecule is CCCCCCCC1(c2ccc(C(=O)c3ccccc3)cc2)CCCCC1. The van der Waals surface area contributed by atoms with E-state index in [-0.39, 0.29) is 5.78 Å². The van der Waals surface area contributed by atoms with Gasteiger partial charge in [0.05, 0.1) is 0 Å². The van der Waals surface area contributed by atoms with Gasteiger partial charge in [0.2, 0.25) is 0 Å². The normalized spacial score (nSPS) is 16.2. The van der Waals surface area contributed by atoms with E-state index in [2.05, 4.69) is 31.2 Å². The van der Waals surface area contributed by atoms with Gasteiger partial charge in [0.25, 0.3) is 0 Å². The molecule has 0 unspecified atom stereocenters. The molecule has 0 spiro atoms. The molecule has 27 heavy (non-hydrogen) atoms. The van der Waals surface area contributed by atoms with E-state index in [1.54, 1.807) is 0 Å². The summed E-state index contributed by atoms with van der Waals surface area (Å²) in [6.45, 7) is 2.28. The van der Waals surface area contributed by atoms with E-state index in [1.807, 2.05) is 30.3 Å². The fourth-order valence-electron chi connectivity index (χ4n) is 4.71.